The highest BCUT2D eigenvalue weighted by molar-refractivity contribution is 9.10. The molecule has 0 aliphatic heterocycles. The lowest BCUT2D eigenvalue weighted by atomic mass is 10.2. The zero-order valence-corrected chi connectivity index (χ0v) is 16.0. The summed E-state index contributed by atoms with van der Waals surface area (Å²) in [5, 5.41) is 16.1. The Morgan fingerprint density at radius 1 is 0.786 bits per heavy atom. The monoisotopic (exact) mass is 439 g/mol. The molecule has 0 aromatic heterocycles. The number of amides is 2. The molecule has 140 valence electrons. The van der Waals surface area contributed by atoms with Crippen molar-refractivity contribution in [2.45, 2.75) is 0 Å². The largest absolute Gasteiger partial charge is 0.322 e. The number of hydrogen-bond acceptors (Lipinski definition) is 4. The summed E-state index contributed by atoms with van der Waals surface area (Å²) in [5.41, 5.74) is 1.84. The van der Waals surface area contributed by atoms with E-state index in [9.17, 15) is 19.7 Å². The van der Waals surface area contributed by atoms with Crippen LogP contribution in [0.2, 0.25) is 0 Å². The molecule has 7 nitrogen and oxygen atoms in total. The van der Waals surface area contributed by atoms with Gasteiger partial charge < -0.3 is 10.6 Å². The van der Waals surface area contributed by atoms with Gasteiger partial charge in [-0.3, -0.25) is 19.7 Å². The minimum Gasteiger partial charge on any atom is -0.322 e. The van der Waals surface area contributed by atoms with Crippen molar-refractivity contribution in [2.24, 2.45) is 0 Å². The van der Waals surface area contributed by atoms with Crippen LogP contribution in [0, 0.1) is 10.1 Å². The van der Waals surface area contributed by atoms with Crippen LogP contribution in [0.1, 0.15) is 20.7 Å². The van der Waals surface area contributed by atoms with Gasteiger partial charge in [0.25, 0.3) is 17.5 Å². The Labute approximate surface area is 168 Å². The van der Waals surface area contributed by atoms with Crippen molar-refractivity contribution < 1.29 is 14.5 Å². The van der Waals surface area contributed by atoms with E-state index in [0.29, 0.717) is 27.0 Å². The summed E-state index contributed by atoms with van der Waals surface area (Å²) >= 11 is 3.34. The van der Waals surface area contributed by atoms with Crippen LogP contribution in [-0.2, 0) is 0 Å². The van der Waals surface area contributed by atoms with Crippen LogP contribution in [-0.4, -0.2) is 16.7 Å². The third kappa shape index (κ3) is 4.60. The summed E-state index contributed by atoms with van der Waals surface area (Å²) in [4.78, 5) is 34.7. The summed E-state index contributed by atoms with van der Waals surface area (Å²) in [7, 11) is 0. The van der Waals surface area contributed by atoms with E-state index >= 15 is 0 Å². The number of nitrogens with zero attached hydrogens (tertiary/aromatic N) is 1. The minimum atomic E-state index is -0.525. The molecule has 0 aliphatic rings. The Morgan fingerprint density at radius 2 is 1.32 bits per heavy atom. The molecule has 3 aromatic rings. The van der Waals surface area contributed by atoms with Gasteiger partial charge in [0.1, 0.15) is 0 Å². The first-order valence-electron chi connectivity index (χ1n) is 8.16. The molecule has 0 bridgehead atoms. The van der Waals surface area contributed by atoms with E-state index in [1.165, 1.54) is 24.3 Å². The second kappa shape index (κ2) is 8.45. The van der Waals surface area contributed by atoms with E-state index in [1.54, 1.807) is 42.5 Å². The molecule has 0 saturated carbocycles. The zero-order chi connectivity index (χ0) is 20.1. The predicted molar refractivity (Wildman–Crippen MR) is 110 cm³/mol. The molecule has 3 rings (SSSR count). The first-order valence-corrected chi connectivity index (χ1v) is 8.95. The van der Waals surface area contributed by atoms with E-state index in [-0.39, 0.29) is 17.5 Å². The molecule has 0 unspecified atom stereocenters. The third-order valence-corrected chi connectivity index (χ3v) is 4.55. The standard InChI is InChI=1S/C20H14BrN3O4/c21-18-4-2-1-3-17(18)20(26)23-15-9-7-14(8-10-15)22-19(25)13-5-11-16(12-6-13)24(27)28/h1-12H,(H,22,25)(H,23,26). The number of carbonyl (C=O) groups excluding carboxylic acids is 2. The number of nitrogens with one attached hydrogen (secondary N) is 2. The maximum absolute atomic E-state index is 12.3. The molecule has 0 spiro atoms. The van der Waals surface area contributed by atoms with E-state index in [2.05, 4.69) is 26.6 Å². The SMILES string of the molecule is O=C(Nc1ccc(NC(=O)c2ccccc2Br)cc1)c1ccc([N+](=O)[O-])cc1. The highest BCUT2D eigenvalue weighted by Crippen LogP contribution is 2.20. The molecule has 2 N–H and O–H groups in total. The molecular formula is C20H14BrN3O4. The van der Waals surface area contributed by atoms with Gasteiger partial charge in [-0.05, 0) is 64.5 Å². The van der Waals surface area contributed by atoms with E-state index in [4.69, 9.17) is 0 Å². The van der Waals surface area contributed by atoms with Crippen molar-refractivity contribution >= 4 is 44.8 Å². The summed E-state index contributed by atoms with van der Waals surface area (Å²) < 4.78 is 0.694. The van der Waals surface area contributed by atoms with Gasteiger partial charge >= 0.3 is 0 Å². The van der Waals surface area contributed by atoms with Crippen molar-refractivity contribution in [3.8, 4) is 0 Å². The molecule has 2 amide bonds. The van der Waals surface area contributed by atoms with Crippen LogP contribution >= 0.6 is 15.9 Å². The zero-order valence-electron chi connectivity index (χ0n) is 14.4. The number of carbonyl (C=O) groups is 2. The smallest absolute Gasteiger partial charge is 0.269 e. The topological polar surface area (TPSA) is 101 Å². The Balaban J connectivity index is 1.64. The van der Waals surface area contributed by atoms with E-state index < -0.39 is 4.92 Å². The van der Waals surface area contributed by atoms with Crippen molar-refractivity contribution in [3.05, 3.63) is 98.5 Å². The summed E-state index contributed by atoms with van der Waals surface area (Å²) in [6, 6.07) is 19.0. The lowest BCUT2D eigenvalue weighted by Crippen LogP contribution is -2.13. The van der Waals surface area contributed by atoms with Crippen LogP contribution in [0.25, 0.3) is 0 Å². The maximum atomic E-state index is 12.3. The lowest BCUT2D eigenvalue weighted by molar-refractivity contribution is -0.384. The molecule has 0 fully saturated rings. The first-order chi connectivity index (χ1) is 13.4. The van der Waals surface area contributed by atoms with Crippen LogP contribution in [0.4, 0.5) is 17.1 Å². The first kappa shape index (κ1) is 19.2. The number of non-ortho nitro benzene ring substituents is 1. The minimum absolute atomic E-state index is 0.0818. The number of anilines is 2. The van der Waals surface area contributed by atoms with Crippen molar-refractivity contribution in [1.82, 2.24) is 0 Å². The molecule has 3 aromatic carbocycles. The Bertz CT molecular complexity index is 1030. The highest BCUT2D eigenvalue weighted by atomic mass is 79.9. The Kier molecular flexibility index (Phi) is 5.81. The average Bonchev–Trinajstić information content (AvgIpc) is 2.69. The van der Waals surface area contributed by atoms with Gasteiger partial charge in [-0.15, -0.1) is 0 Å². The predicted octanol–water partition coefficient (Wildman–Crippen LogP) is 4.86. The number of hydrogen-bond donors (Lipinski definition) is 2. The van der Waals surface area contributed by atoms with Gasteiger partial charge in [0, 0.05) is 33.5 Å². The van der Waals surface area contributed by atoms with Gasteiger partial charge in [-0.1, -0.05) is 12.1 Å². The number of rotatable bonds is 5. The molecule has 8 heteroatoms. The average molecular weight is 440 g/mol. The van der Waals surface area contributed by atoms with Gasteiger partial charge in [0.2, 0.25) is 0 Å². The number of nitro benzene ring substituents is 1. The van der Waals surface area contributed by atoms with Crippen LogP contribution in [0.15, 0.2) is 77.3 Å². The molecule has 0 radical (unpaired) electrons. The molecular weight excluding hydrogens is 426 g/mol. The molecule has 0 saturated heterocycles. The maximum Gasteiger partial charge on any atom is 0.269 e. The lowest BCUT2D eigenvalue weighted by Gasteiger charge is -2.09. The fraction of sp³-hybridized carbons (Fsp3) is 0. The van der Waals surface area contributed by atoms with Crippen LogP contribution in [0.3, 0.4) is 0 Å². The molecule has 0 atom stereocenters. The quantitative estimate of drug-likeness (QED) is 0.437. The highest BCUT2D eigenvalue weighted by Gasteiger charge is 2.11. The molecule has 0 aliphatic carbocycles. The van der Waals surface area contributed by atoms with Crippen molar-refractivity contribution in [1.29, 1.82) is 0 Å². The fourth-order valence-electron chi connectivity index (χ4n) is 2.42. The number of benzene rings is 3. The van der Waals surface area contributed by atoms with Crippen LogP contribution in [0.5, 0.6) is 0 Å². The van der Waals surface area contributed by atoms with Gasteiger partial charge in [0.15, 0.2) is 0 Å². The molecule has 0 heterocycles. The summed E-state index contributed by atoms with van der Waals surface area (Å²) in [6.45, 7) is 0. The molecule has 28 heavy (non-hydrogen) atoms. The third-order valence-electron chi connectivity index (χ3n) is 3.86. The van der Waals surface area contributed by atoms with Crippen LogP contribution < -0.4 is 10.6 Å². The van der Waals surface area contributed by atoms with E-state index in [0.717, 1.165) is 0 Å². The summed E-state index contributed by atoms with van der Waals surface area (Å²) in [6.07, 6.45) is 0. The second-order valence-corrected chi connectivity index (χ2v) is 6.62. The second-order valence-electron chi connectivity index (χ2n) is 5.77. The Hall–Kier alpha value is -3.52. The van der Waals surface area contributed by atoms with Crippen molar-refractivity contribution in [3.63, 3.8) is 0 Å². The van der Waals surface area contributed by atoms with E-state index in [1.807, 2.05) is 6.07 Å². The van der Waals surface area contributed by atoms with Crippen molar-refractivity contribution in [2.75, 3.05) is 10.6 Å². The Morgan fingerprint density at radius 3 is 1.86 bits per heavy atom. The number of nitro groups is 1. The van der Waals surface area contributed by atoms with Gasteiger partial charge in [-0.25, -0.2) is 0 Å². The summed E-state index contributed by atoms with van der Waals surface area (Å²) in [5.74, 6) is -0.643. The van der Waals surface area contributed by atoms with Gasteiger partial charge in [0.05, 0.1) is 10.5 Å². The fourth-order valence-corrected chi connectivity index (χ4v) is 2.88. The normalized spacial score (nSPS) is 10.2. The van der Waals surface area contributed by atoms with Gasteiger partial charge in [-0.2, -0.15) is 0 Å². The number of halogens is 1.